The molecule has 1 N–H and O–H groups in total. The summed E-state index contributed by atoms with van der Waals surface area (Å²) >= 11 is 0. The Hall–Kier alpha value is -1.09. The first kappa shape index (κ1) is 16.3. The molecule has 0 bridgehead atoms. The molecule has 0 aliphatic carbocycles. The molecule has 21 heavy (non-hydrogen) atoms. The van der Waals surface area contributed by atoms with E-state index in [0.717, 1.165) is 37.4 Å². The van der Waals surface area contributed by atoms with E-state index in [9.17, 15) is 4.39 Å². The third kappa shape index (κ3) is 4.70. The molecule has 0 spiro atoms. The summed E-state index contributed by atoms with van der Waals surface area (Å²) in [5, 5.41) is 3.43. The third-order valence-corrected chi connectivity index (χ3v) is 4.10. The van der Waals surface area contributed by atoms with Crippen LogP contribution in [0, 0.1) is 23.6 Å². The summed E-state index contributed by atoms with van der Waals surface area (Å²) in [4.78, 5) is 2.22. The fourth-order valence-electron chi connectivity index (χ4n) is 3.28. The molecule has 0 amide bonds. The highest BCUT2D eigenvalue weighted by Crippen LogP contribution is 2.28. The summed E-state index contributed by atoms with van der Waals surface area (Å²) in [5.41, 5.74) is 1.94. The molecule has 1 aromatic rings. The van der Waals surface area contributed by atoms with Crippen molar-refractivity contribution >= 4 is 5.69 Å². The Morgan fingerprint density at radius 1 is 1.24 bits per heavy atom. The number of nitrogens with zero attached hydrogens (tertiary/aromatic N) is 1. The molecule has 3 heteroatoms. The van der Waals surface area contributed by atoms with Crippen LogP contribution in [0.2, 0.25) is 0 Å². The molecule has 1 saturated heterocycles. The number of nitrogens with one attached hydrogen (secondary N) is 1. The Labute approximate surface area is 128 Å². The number of hydrogen-bond acceptors (Lipinski definition) is 2. The first-order valence-electron chi connectivity index (χ1n) is 8.19. The zero-order chi connectivity index (χ0) is 15.4. The lowest BCUT2D eigenvalue weighted by Gasteiger charge is -2.37. The highest BCUT2D eigenvalue weighted by molar-refractivity contribution is 5.50. The second-order valence-corrected chi connectivity index (χ2v) is 7.16. The predicted molar refractivity (Wildman–Crippen MR) is 88.1 cm³/mol. The largest absolute Gasteiger partial charge is 0.369 e. The quantitative estimate of drug-likeness (QED) is 0.880. The average Bonchev–Trinajstić information content (AvgIpc) is 2.39. The van der Waals surface area contributed by atoms with Gasteiger partial charge in [0.15, 0.2) is 0 Å². The second kappa shape index (κ2) is 7.26. The number of piperidine rings is 1. The van der Waals surface area contributed by atoms with Crippen LogP contribution < -0.4 is 10.2 Å². The van der Waals surface area contributed by atoms with Crippen LogP contribution in [0.1, 0.15) is 39.7 Å². The maximum absolute atomic E-state index is 14.2. The molecule has 0 saturated carbocycles. The maximum atomic E-state index is 14.2. The Bertz CT molecular complexity index is 449. The van der Waals surface area contributed by atoms with Gasteiger partial charge in [-0.2, -0.15) is 0 Å². The SMILES string of the molecule is CC(C)CNCc1ccc(F)c(N2CC(C)CC(C)C2)c1. The van der Waals surface area contributed by atoms with E-state index in [1.165, 1.54) is 6.42 Å². The lowest BCUT2D eigenvalue weighted by Crippen LogP contribution is -2.39. The van der Waals surface area contributed by atoms with E-state index in [2.05, 4.69) is 37.9 Å². The fraction of sp³-hybridized carbons (Fsp3) is 0.667. The van der Waals surface area contributed by atoms with Crippen molar-refractivity contribution < 1.29 is 4.39 Å². The first-order valence-corrected chi connectivity index (χ1v) is 8.19. The Balaban J connectivity index is 2.07. The standard InChI is InChI=1S/C18H29FN2/c1-13(2)9-20-10-16-5-6-17(19)18(8-16)21-11-14(3)7-15(4)12-21/h5-6,8,13-15,20H,7,9-12H2,1-4H3. The normalized spacial score (nSPS) is 22.9. The van der Waals surface area contributed by atoms with Crippen LogP contribution in [0.3, 0.4) is 0 Å². The Morgan fingerprint density at radius 3 is 2.52 bits per heavy atom. The van der Waals surface area contributed by atoms with E-state index in [1.807, 2.05) is 12.1 Å². The summed E-state index contributed by atoms with van der Waals surface area (Å²) in [6.07, 6.45) is 1.24. The summed E-state index contributed by atoms with van der Waals surface area (Å²) < 4.78 is 14.2. The molecule has 2 atom stereocenters. The molecule has 2 unspecified atom stereocenters. The monoisotopic (exact) mass is 292 g/mol. The molecule has 0 radical (unpaired) electrons. The maximum Gasteiger partial charge on any atom is 0.146 e. The molecule has 1 fully saturated rings. The fourth-order valence-corrected chi connectivity index (χ4v) is 3.28. The van der Waals surface area contributed by atoms with Crippen LogP contribution in [-0.2, 0) is 6.54 Å². The van der Waals surface area contributed by atoms with Crippen molar-refractivity contribution in [2.45, 2.75) is 40.7 Å². The number of rotatable bonds is 5. The number of halogens is 1. The van der Waals surface area contributed by atoms with Crippen molar-refractivity contribution in [2.24, 2.45) is 17.8 Å². The van der Waals surface area contributed by atoms with Crippen LogP contribution in [0.5, 0.6) is 0 Å². The van der Waals surface area contributed by atoms with Gasteiger partial charge in [-0.15, -0.1) is 0 Å². The average molecular weight is 292 g/mol. The summed E-state index contributed by atoms with van der Waals surface area (Å²) in [5.74, 6) is 1.81. The molecular formula is C18H29FN2. The number of benzene rings is 1. The summed E-state index contributed by atoms with van der Waals surface area (Å²) in [6, 6.07) is 5.53. The van der Waals surface area contributed by atoms with Crippen LogP contribution in [0.15, 0.2) is 18.2 Å². The van der Waals surface area contributed by atoms with Crippen LogP contribution in [-0.4, -0.2) is 19.6 Å². The minimum atomic E-state index is -0.0936. The lowest BCUT2D eigenvalue weighted by atomic mass is 9.91. The molecule has 1 aliphatic heterocycles. The van der Waals surface area contributed by atoms with Crippen LogP contribution >= 0.6 is 0 Å². The van der Waals surface area contributed by atoms with Crippen molar-refractivity contribution in [1.29, 1.82) is 0 Å². The van der Waals surface area contributed by atoms with Gasteiger partial charge in [0.25, 0.3) is 0 Å². The van der Waals surface area contributed by atoms with E-state index in [4.69, 9.17) is 0 Å². The van der Waals surface area contributed by atoms with Crippen LogP contribution in [0.4, 0.5) is 10.1 Å². The van der Waals surface area contributed by atoms with Crippen molar-refractivity contribution in [2.75, 3.05) is 24.5 Å². The Morgan fingerprint density at radius 2 is 1.90 bits per heavy atom. The van der Waals surface area contributed by atoms with Gasteiger partial charge < -0.3 is 10.2 Å². The van der Waals surface area contributed by atoms with Crippen molar-refractivity contribution in [1.82, 2.24) is 5.32 Å². The lowest BCUT2D eigenvalue weighted by molar-refractivity contribution is 0.354. The van der Waals surface area contributed by atoms with Crippen molar-refractivity contribution in [3.8, 4) is 0 Å². The smallest absolute Gasteiger partial charge is 0.146 e. The minimum Gasteiger partial charge on any atom is -0.369 e. The molecule has 2 rings (SSSR count). The molecule has 1 aliphatic rings. The zero-order valence-electron chi connectivity index (χ0n) is 13.8. The van der Waals surface area contributed by atoms with Gasteiger partial charge in [0.2, 0.25) is 0 Å². The number of anilines is 1. The van der Waals surface area contributed by atoms with E-state index >= 15 is 0 Å². The van der Waals surface area contributed by atoms with Gasteiger partial charge in [-0.05, 0) is 48.4 Å². The summed E-state index contributed by atoms with van der Waals surface area (Å²) in [6.45, 7) is 12.6. The second-order valence-electron chi connectivity index (χ2n) is 7.16. The third-order valence-electron chi connectivity index (χ3n) is 4.10. The van der Waals surface area contributed by atoms with Gasteiger partial charge in [0.1, 0.15) is 5.82 Å². The van der Waals surface area contributed by atoms with Gasteiger partial charge >= 0.3 is 0 Å². The molecule has 118 valence electrons. The van der Waals surface area contributed by atoms with Gasteiger partial charge in [0, 0.05) is 19.6 Å². The Kier molecular flexibility index (Phi) is 5.63. The summed E-state index contributed by atoms with van der Waals surface area (Å²) in [7, 11) is 0. The molecule has 1 aromatic carbocycles. The topological polar surface area (TPSA) is 15.3 Å². The highest BCUT2D eigenvalue weighted by atomic mass is 19.1. The van der Waals surface area contributed by atoms with E-state index < -0.39 is 0 Å². The highest BCUT2D eigenvalue weighted by Gasteiger charge is 2.23. The van der Waals surface area contributed by atoms with Gasteiger partial charge in [-0.25, -0.2) is 4.39 Å². The van der Waals surface area contributed by atoms with E-state index in [1.54, 1.807) is 6.07 Å². The predicted octanol–water partition coefficient (Wildman–Crippen LogP) is 4.05. The molecule has 0 aromatic heterocycles. The minimum absolute atomic E-state index is 0.0936. The van der Waals surface area contributed by atoms with Gasteiger partial charge in [0.05, 0.1) is 5.69 Å². The van der Waals surface area contributed by atoms with Gasteiger partial charge in [-0.1, -0.05) is 33.8 Å². The molecule has 1 heterocycles. The first-order chi connectivity index (χ1) is 9.95. The molecule has 2 nitrogen and oxygen atoms in total. The van der Waals surface area contributed by atoms with Crippen molar-refractivity contribution in [3.05, 3.63) is 29.6 Å². The van der Waals surface area contributed by atoms with Crippen molar-refractivity contribution in [3.63, 3.8) is 0 Å². The molecular weight excluding hydrogens is 263 g/mol. The van der Waals surface area contributed by atoms with E-state index in [-0.39, 0.29) is 5.82 Å². The zero-order valence-corrected chi connectivity index (χ0v) is 13.8. The number of hydrogen-bond donors (Lipinski definition) is 1. The van der Waals surface area contributed by atoms with Crippen LogP contribution in [0.25, 0.3) is 0 Å². The van der Waals surface area contributed by atoms with Gasteiger partial charge in [-0.3, -0.25) is 0 Å². The van der Waals surface area contributed by atoms with E-state index in [0.29, 0.717) is 17.8 Å².